The smallest absolute Gasteiger partial charge is 0.223 e. The van der Waals surface area contributed by atoms with Crippen LogP contribution in [0.5, 0.6) is 0 Å². The van der Waals surface area contributed by atoms with Crippen LogP contribution in [0.25, 0.3) is 0 Å². The van der Waals surface area contributed by atoms with E-state index in [1.807, 2.05) is 11.6 Å². The van der Waals surface area contributed by atoms with Crippen LogP contribution in [0, 0.1) is 12.8 Å². The summed E-state index contributed by atoms with van der Waals surface area (Å²) in [6.45, 7) is 2.91. The molecule has 0 radical (unpaired) electrons. The zero-order valence-corrected chi connectivity index (χ0v) is 13.7. The van der Waals surface area contributed by atoms with E-state index in [-0.39, 0.29) is 11.8 Å². The van der Waals surface area contributed by atoms with Crippen LogP contribution in [0.3, 0.4) is 0 Å². The minimum absolute atomic E-state index is 0.181. The molecular weight excluding hydrogens is 292 g/mol. The minimum Gasteiger partial charge on any atom is -0.356 e. The molecule has 4 heteroatoms. The van der Waals surface area contributed by atoms with Crippen molar-refractivity contribution in [2.75, 3.05) is 6.54 Å². The molecule has 116 valence electrons. The van der Waals surface area contributed by atoms with E-state index < -0.39 is 0 Å². The number of aryl methyl sites for hydroxylation is 2. The highest BCUT2D eigenvalue weighted by Gasteiger charge is 2.44. The van der Waals surface area contributed by atoms with Crippen molar-refractivity contribution in [3.05, 3.63) is 52.0 Å². The van der Waals surface area contributed by atoms with Gasteiger partial charge in [-0.25, -0.2) is 4.98 Å². The number of carbonyl (C=O) groups is 1. The van der Waals surface area contributed by atoms with Crippen LogP contribution in [0.15, 0.2) is 35.8 Å². The van der Waals surface area contributed by atoms with Gasteiger partial charge in [-0.2, -0.15) is 0 Å². The summed E-state index contributed by atoms with van der Waals surface area (Å²) in [6.07, 6.45) is 5.96. The van der Waals surface area contributed by atoms with E-state index in [4.69, 9.17) is 0 Å². The molecule has 1 heterocycles. The van der Waals surface area contributed by atoms with E-state index in [0.717, 1.165) is 32.2 Å². The molecule has 0 bridgehead atoms. The van der Waals surface area contributed by atoms with Gasteiger partial charge in [0.1, 0.15) is 0 Å². The molecule has 1 aromatic carbocycles. The molecule has 1 aliphatic carbocycles. The quantitative estimate of drug-likeness (QED) is 0.792. The Labute approximate surface area is 135 Å². The van der Waals surface area contributed by atoms with E-state index in [2.05, 4.69) is 41.5 Å². The molecule has 1 aliphatic rings. The number of rotatable bonds is 7. The fourth-order valence-electron chi connectivity index (χ4n) is 2.95. The van der Waals surface area contributed by atoms with E-state index in [1.165, 1.54) is 16.1 Å². The summed E-state index contributed by atoms with van der Waals surface area (Å²) in [6, 6.07) is 8.40. The molecule has 0 aliphatic heterocycles. The minimum atomic E-state index is 0.181. The maximum absolute atomic E-state index is 12.2. The van der Waals surface area contributed by atoms with Crippen molar-refractivity contribution in [2.45, 2.75) is 38.5 Å². The standard InChI is InChI=1S/C18H22N2OS/c1-13-6-2-3-7-14(13)15-12-16(15)18(21)20-9-5-4-8-17-19-10-11-22-17/h2-3,6-7,10-11,15-16H,4-5,8-9,12H2,1H3,(H,20,21)/t15-,16+/m1/s1. The van der Waals surface area contributed by atoms with Crippen molar-refractivity contribution in [3.8, 4) is 0 Å². The third kappa shape index (κ3) is 3.74. The Balaban J connectivity index is 1.36. The first-order chi connectivity index (χ1) is 10.8. The lowest BCUT2D eigenvalue weighted by atomic mass is 10.0. The van der Waals surface area contributed by atoms with Crippen LogP contribution in [-0.2, 0) is 11.2 Å². The van der Waals surface area contributed by atoms with Crippen molar-refractivity contribution in [3.63, 3.8) is 0 Å². The van der Waals surface area contributed by atoms with E-state index >= 15 is 0 Å². The van der Waals surface area contributed by atoms with Crippen LogP contribution in [-0.4, -0.2) is 17.4 Å². The fourth-order valence-corrected chi connectivity index (χ4v) is 3.61. The third-order valence-electron chi connectivity index (χ3n) is 4.32. The number of benzene rings is 1. The summed E-state index contributed by atoms with van der Waals surface area (Å²) in [5.74, 6) is 0.832. The number of nitrogens with zero attached hydrogens (tertiary/aromatic N) is 1. The second-order valence-electron chi connectivity index (χ2n) is 5.98. The van der Waals surface area contributed by atoms with Gasteiger partial charge in [-0.15, -0.1) is 11.3 Å². The predicted molar refractivity (Wildman–Crippen MR) is 90.1 cm³/mol. The number of nitrogens with one attached hydrogen (secondary N) is 1. The summed E-state index contributed by atoms with van der Waals surface area (Å²) < 4.78 is 0. The van der Waals surface area contributed by atoms with Gasteiger partial charge < -0.3 is 5.32 Å². The average Bonchev–Trinajstić information content (AvgIpc) is 3.14. The van der Waals surface area contributed by atoms with Gasteiger partial charge in [0.25, 0.3) is 0 Å². The SMILES string of the molecule is Cc1ccccc1[C@H]1C[C@@H]1C(=O)NCCCCc1nccs1. The van der Waals surface area contributed by atoms with Crippen LogP contribution in [0.4, 0.5) is 0 Å². The molecule has 2 aromatic rings. The zero-order chi connectivity index (χ0) is 15.4. The molecule has 1 aromatic heterocycles. The Morgan fingerprint density at radius 3 is 3.00 bits per heavy atom. The first-order valence-corrected chi connectivity index (χ1v) is 8.85. The Hall–Kier alpha value is -1.68. The molecule has 1 fully saturated rings. The second kappa shape index (κ2) is 7.05. The van der Waals surface area contributed by atoms with Crippen LogP contribution >= 0.6 is 11.3 Å². The second-order valence-corrected chi connectivity index (χ2v) is 6.96. The molecule has 1 N–H and O–H groups in total. The van der Waals surface area contributed by atoms with Gasteiger partial charge in [-0.3, -0.25) is 4.79 Å². The van der Waals surface area contributed by atoms with Crippen molar-refractivity contribution < 1.29 is 4.79 Å². The lowest BCUT2D eigenvalue weighted by Gasteiger charge is -2.06. The number of thiazole rings is 1. The topological polar surface area (TPSA) is 42.0 Å². The summed E-state index contributed by atoms with van der Waals surface area (Å²) in [5.41, 5.74) is 2.64. The number of amides is 1. The molecule has 3 nitrogen and oxygen atoms in total. The van der Waals surface area contributed by atoms with Gasteiger partial charge >= 0.3 is 0 Å². The van der Waals surface area contributed by atoms with Crippen LogP contribution in [0.1, 0.15) is 41.3 Å². The normalized spacial score (nSPS) is 19.9. The van der Waals surface area contributed by atoms with Crippen molar-refractivity contribution >= 4 is 17.2 Å². The number of carbonyl (C=O) groups excluding carboxylic acids is 1. The summed E-state index contributed by atoms with van der Waals surface area (Å²) in [5, 5.41) is 6.29. The van der Waals surface area contributed by atoms with Crippen molar-refractivity contribution in [2.24, 2.45) is 5.92 Å². The summed E-state index contributed by atoms with van der Waals surface area (Å²) >= 11 is 1.70. The molecular formula is C18H22N2OS. The van der Waals surface area contributed by atoms with Gasteiger partial charge in [0.05, 0.1) is 5.01 Å². The fraction of sp³-hybridized carbons (Fsp3) is 0.444. The van der Waals surface area contributed by atoms with E-state index in [0.29, 0.717) is 5.92 Å². The van der Waals surface area contributed by atoms with Crippen molar-refractivity contribution in [1.29, 1.82) is 0 Å². The maximum atomic E-state index is 12.2. The maximum Gasteiger partial charge on any atom is 0.223 e. The Morgan fingerprint density at radius 1 is 1.36 bits per heavy atom. The van der Waals surface area contributed by atoms with Crippen molar-refractivity contribution in [1.82, 2.24) is 10.3 Å². The Morgan fingerprint density at radius 2 is 2.23 bits per heavy atom. The Kier molecular flexibility index (Phi) is 4.88. The number of hydrogen-bond donors (Lipinski definition) is 1. The van der Waals surface area contributed by atoms with Gasteiger partial charge in [-0.1, -0.05) is 24.3 Å². The zero-order valence-electron chi connectivity index (χ0n) is 12.9. The molecule has 2 atom stereocenters. The highest BCUT2D eigenvalue weighted by Crippen LogP contribution is 2.48. The number of aromatic nitrogens is 1. The third-order valence-corrected chi connectivity index (χ3v) is 5.15. The first kappa shape index (κ1) is 15.2. The lowest BCUT2D eigenvalue weighted by Crippen LogP contribution is -2.26. The van der Waals surface area contributed by atoms with E-state index in [1.54, 1.807) is 11.3 Å². The number of unbranched alkanes of at least 4 members (excludes halogenated alkanes) is 1. The Bertz CT molecular complexity index is 624. The molecule has 0 unspecified atom stereocenters. The van der Waals surface area contributed by atoms with Gasteiger partial charge in [0.15, 0.2) is 0 Å². The summed E-state index contributed by atoms with van der Waals surface area (Å²) in [7, 11) is 0. The molecule has 22 heavy (non-hydrogen) atoms. The van der Waals surface area contributed by atoms with Crippen LogP contribution in [0.2, 0.25) is 0 Å². The highest BCUT2D eigenvalue weighted by atomic mass is 32.1. The molecule has 3 rings (SSSR count). The largest absolute Gasteiger partial charge is 0.356 e. The van der Waals surface area contributed by atoms with Gasteiger partial charge in [0.2, 0.25) is 5.91 Å². The molecule has 1 amide bonds. The molecule has 0 spiro atoms. The molecule has 1 saturated carbocycles. The first-order valence-electron chi connectivity index (χ1n) is 7.97. The average molecular weight is 314 g/mol. The predicted octanol–water partition coefficient (Wildman–Crippen LogP) is 3.69. The summed E-state index contributed by atoms with van der Waals surface area (Å²) in [4.78, 5) is 16.4. The lowest BCUT2D eigenvalue weighted by molar-refractivity contribution is -0.122. The van der Waals surface area contributed by atoms with Gasteiger partial charge in [-0.05, 0) is 49.7 Å². The molecule has 0 saturated heterocycles. The van der Waals surface area contributed by atoms with Gasteiger partial charge in [0, 0.05) is 24.0 Å². The van der Waals surface area contributed by atoms with Crippen LogP contribution < -0.4 is 5.32 Å². The number of hydrogen-bond acceptors (Lipinski definition) is 3. The highest BCUT2D eigenvalue weighted by molar-refractivity contribution is 7.09. The monoisotopic (exact) mass is 314 g/mol. The van der Waals surface area contributed by atoms with E-state index in [9.17, 15) is 4.79 Å².